The summed E-state index contributed by atoms with van der Waals surface area (Å²) in [5.41, 5.74) is 0.983. The largest absolute Gasteiger partial charge is 0.298 e. The summed E-state index contributed by atoms with van der Waals surface area (Å²) in [5, 5.41) is 0.677. The SMILES string of the molecule is CC(C)(C)N1CC[C@H](CC(=O)c2ccc(Cl)cc2)C1. The van der Waals surface area contributed by atoms with Crippen molar-refractivity contribution in [1.82, 2.24) is 4.90 Å². The fourth-order valence-electron chi connectivity index (χ4n) is 2.62. The van der Waals surface area contributed by atoms with Gasteiger partial charge in [-0.25, -0.2) is 0 Å². The topological polar surface area (TPSA) is 20.3 Å². The molecule has 0 amide bonds. The van der Waals surface area contributed by atoms with Gasteiger partial charge < -0.3 is 0 Å². The van der Waals surface area contributed by atoms with E-state index in [9.17, 15) is 4.79 Å². The number of benzene rings is 1. The fraction of sp³-hybridized carbons (Fsp3) is 0.562. The van der Waals surface area contributed by atoms with Crippen LogP contribution in [-0.2, 0) is 0 Å². The maximum absolute atomic E-state index is 12.2. The van der Waals surface area contributed by atoms with E-state index in [0.717, 1.165) is 25.1 Å². The zero-order valence-corrected chi connectivity index (χ0v) is 12.7. The van der Waals surface area contributed by atoms with Gasteiger partial charge in [0.25, 0.3) is 0 Å². The Morgan fingerprint density at radius 1 is 1.32 bits per heavy atom. The van der Waals surface area contributed by atoms with Crippen LogP contribution >= 0.6 is 11.6 Å². The molecule has 1 saturated heterocycles. The number of halogens is 1. The summed E-state index contributed by atoms with van der Waals surface area (Å²) in [7, 11) is 0. The van der Waals surface area contributed by atoms with Crippen molar-refractivity contribution >= 4 is 17.4 Å². The van der Waals surface area contributed by atoms with Crippen LogP contribution < -0.4 is 0 Å². The highest BCUT2D eigenvalue weighted by atomic mass is 35.5. The first-order valence-electron chi connectivity index (χ1n) is 6.90. The van der Waals surface area contributed by atoms with E-state index in [1.165, 1.54) is 0 Å². The van der Waals surface area contributed by atoms with Gasteiger partial charge in [-0.2, -0.15) is 0 Å². The maximum Gasteiger partial charge on any atom is 0.163 e. The van der Waals surface area contributed by atoms with Crippen molar-refractivity contribution in [3.05, 3.63) is 34.9 Å². The summed E-state index contributed by atoms with van der Waals surface area (Å²) in [4.78, 5) is 14.7. The molecule has 1 aliphatic heterocycles. The van der Waals surface area contributed by atoms with Crippen molar-refractivity contribution in [1.29, 1.82) is 0 Å². The molecule has 0 radical (unpaired) electrons. The smallest absolute Gasteiger partial charge is 0.163 e. The third-order valence-electron chi connectivity index (χ3n) is 3.87. The number of hydrogen-bond acceptors (Lipinski definition) is 2. The van der Waals surface area contributed by atoms with E-state index in [0.29, 0.717) is 17.4 Å². The molecule has 1 aromatic carbocycles. The Morgan fingerprint density at radius 2 is 1.95 bits per heavy atom. The average molecular weight is 280 g/mol. The van der Waals surface area contributed by atoms with Crippen LogP contribution in [0.4, 0.5) is 0 Å². The highest BCUT2D eigenvalue weighted by Crippen LogP contribution is 2.27. The highest BCUT2D eigenvalue weighted by molar-refractivity contribution is 6.30. The van der Waals surface area contributed by atoms with Gasteiger partial charge in [-0.05, 0) is 63.9 Å². The molecular weight excluding hydrogens is 258 g/mol. The lowest BCUT2D eigenvalue weighted by atomic mass is 9.97. The second-order valence-corrected chi connectivity index (χ2v) is 6.84. The van der Waals surface area contributed by atoms with Crippen LogP contribution in [-0.4, -0.2) is 29.3 Å². The molecule has 0 saturated carbocycles. The molecule has 0 aromatic heterocycles. The monoisotopic (exact) mass is 279 g/mol. The first-order chi connectivity index (χ1) is 8.86. The van der Waals surface area contributed by atoms with Crippen molar-refractivity contribution in [2.75, 3.05) is 13.1 Å². The second kappa shape index (κ2) is 5.64. The van der Waals surface area contributed by atoms with E-state index in [-0.39, 0.29) is 11.3 Å². The van der Waals surface area contributed by atoms with Crippen molar-refractivity contribution in [3.8, 4) is 0 Å². The van der Waals surface area contributed by atoms with Gasteiger partial charge in [0, 0.05) is 29.1 Å². The van der Waals surface area contributed by atoms with Gasteiger partial charge in [-0.15, -0.1) is 0 Å². The number of Topliss-reactive ketones (excluding diaryl/α,β-unsaturated/α-hetero) is 1. The molecule has 0 bridgehead atoms. The molecule has 0 aliphatic carbocycles. The molecule has 0 unspecified atom stereocenters. The lowest BCUT2D eigenvalue weighted by Gasteiger charge is -2.31. The quantitative estimate of drug-likeness (QED) is 0.779. The molecule has 2 nitrogen and oxygen atoms in total. The zero-order valence-electron chi connectivity index (χ0n) is 11.9. The summed E-state index contributed by atoms with van der Waals surface area (Å²) >= 11 is 5.84. The number of rotatable bonds is 3. The first-order valence-corrected chi connectivity index (χ1v) is 7.28. The summed E-state index contributed by atoms with van der Waals surface area (Å²) in [6.07, 6.45) is 1.77. The van der Waals surface area contributed by atoms with E-state index in [1.54, 1.807) is 12.1 Å². The number of carbonyl (C=O) groups is 1. The predicted octanol–water partition coefficient (Wildman–Crippen LogP) is 4.03. The number of likely N-dealkylation sites (tertiary alicyclic amines) is 1. The molecule has 0 N–H and O–H groups in total. The summed E-state index contributed by atoms with van der Waals surface area (Å²) in [6, 6.07) is 7.21. The standard InChI is InChI=1S/C16H22ClNO/c1-16(2,3)18-9-8-12(11-18)10-15(19)13-4-6-14(17)7-5-13/h4-7,12H,8-11H2,1-3H3/t12-/m1/s1. The van der Waals surface area contributed by atoms with Crippen LogP contribution in [0.25, 0.3) is 0 Å². The van der Waals surface area contributed by atoms with Crippen molar-refractivity contribution in [2.45, 2.75) is 39.2 Å². The van der Waals surface area contributed by atoms with Crippen LogP contribution in [0.2, 0.25) is 5.02 Å². The molecule has 1 fully saturated rings. The van der Waals surface area contributed by atoms with E-state index >= 15 is 0 Å². The molecule has 19 heavy (non-hydrogen) atoms. The Bertz CT molecular complexity index is 447. The zero-order chi connectivity index (χ0) is 14.0. The highest BCUT2D eigenvalue weighted by Gasteiger charge is 2.31. The van der Waals surface area contributed by atoms with E-state index < -0.39 is 0 Å². The van der Waals surface area contributed by atoms with Gasteiger partial charge in [0.1, 0.15) is 0 Å². The van der Waals surface area contributed by atoms with E-state index in [2.05, 4.69) is 25.7 Å². The second-order valence-electron chi connectivity index (χ2n) is 6.41. The molecule has 1 aliphatic rings. The minimum Gasteiger partial charge on any atom is -0.298 e. The van der Waals surface area contributed by atoms with E-state index in [1.807, 2.05) is 12.1 Å². The Morgan fingerprint density at radius 3 is 2.47 bits per heavy atom. The van der Waals surface area contributed by atoms with Gasteiger partial charge in [0.2, 0.25) is 0 Å². The Kier molecular flexibility index (Phi) is 4.32. The number of nitrogens with zero attached hydrogens (tertiary/aromatic N) is 1. The average Bonchev–Trinajstić information content (AvgIpc) is 2.78. The van der Waals surface area contributed by atoms with Crippen LogP contribution in [0, 0.1) is 5.92 Å². The number of ketones is 1. The minimum absolute atomic E-state index is 0.206. The molecule has 2 rings (SSSR count). The Balaban J connectivity index is 1.92. The van der Waals surface area contributed by atoms with Gasteiger partial charge in [-0.3, -0.25) is 9.69 Å². The maximum atomic E-state index is 12.2. The first kappa shape index (κ1) is 14.5. The Labute approximate surface area is 120 Å². The van der Waals surface area contributed by atoms with Gasteiger partial charge >= 0.3 is 0 Å². The molecule has 3 heteroatoms. The lowest BCUT2D eigenvalue weighted by molar-refractivity contribution is 0.0955. The minimum atomic E-state index is 0.206. The Hall–Kier alpha value is -0.860. The van der Waals surface area contributed by atoms with Crippen LogP contribution in [0.15, 0.2) is 24.3 Å². The predicted molar refractivity (Wildman–Crippen MR) is 79.8 cm³/mol. The summed E-state index contributed by atoms with van der Waals surface area (Å²) in [5.74, 6) is 0.722. The summed E-state index contributed by atoms with van der Waals surface area (Å²) in [6.45, 7) is 8.83. The number of carbonyl (C=O) groups excluding carboxylic acids is 1. The molecular formula is C16H22ClNO. The van der Waals surface area contributed by atoms with Gasteiger partial charge in [0.15, 0.2) is 5.78 Å². The summed E-state index contributed by atoms with van der Waals surface area (Å²) < 4.78 is 0. The van der Waals surface area contributed by atoms with Gasteiger partial charge in [-0.1, -0.05) is 11.6 Å². The van der Waals surface area contributed by atoms with Crippen molar-refractivity contribution in [2.24, 2.45) is 5.92 Å². The van der Waals surface area contributed by atoms with Crippen molar-refractivity contribution < 1.29 is 4.79 Å². The third-order valence-corrected chi connectivity index (χ3v) is 4.13. The lowest BCUT2D eigenvalue weighted by Crippen LogP contribution is -2.39. The molecule has 1 atom stereocenters. The van der Waals surface area contributed by atoms with Crippen LogP contribution in [0.5, 0.6) is 0 Å². The van der Waals surface area contributed by atoms with Gasteiger partial charge in [0.05, 0.1) is 0 Å². The number of hydrogen-bond donors (Lipinski definition) is 0. The fourth-order valence-corrected chi connectivity index (χ4v) is 2.75. The van der Waals surface area contributed by atoms with Crippen LogP contribution in [0.1, 0.15) is 44.0 Å². The molecule has 104 valence electrons. The van der Waals surface area contributed by atoms with E-state index in [4.69, 9.17) is 11.6 Å². The van der Waals surface area contributed by atoms with Crippen LogP contribution in [0.3, 0.4) is 0 Å². The van der Waals surface area contributed by atoms with Crippen molar-refractivity contribution in [3.63, 3.8) is 0 Å². The molecule has 0 spiro atoms. The third kappa shape index (κ3) is 3.80. The molecule has 1 heterocycles. The normalized spacial score (nSPS) is 20.7. The molecule has 1 aromatic rings.